The van der Waals surface area contributed by atoms with Gasteiger partial charge in [-0.15, -0.1) is 6.58 Å². The molecular weight excluding hydrogens is 472 g/mol. The number of pyridine rings is 1. The SMILES string of the molecule is C=C[C@H]1CN2CC[C@H]1C[C@H]2[C@@H](OC(=O)[C@H](C)c1ccc(CC(C)C)cc1)c1ccnc2ccc(OC)cc12. The first kappa shape index (κ1) is 26.4. The molecule has 2 aromatic carbocycles. The Bertz CT molecular complexity index is 1290. The molecule has 5 nitrogen and oxygen atoms in total. The monoisotopic (exact) mass is 512 g/mol. The van der Waals surface area contributed by atoms with E-state index in [9.17, 15) is 4.79 Å². The molecule has 1 unspecified atom stereocenters. The Kier molecular flexibility index (Phi) is 7.85. The molecule has 0 spiro atoms. The normalized spacial score (nSPS) is 24.2. The van der Waals surface area contributed by atoms with Crippen LogP contribution in [0.1, 0.15) is 62.3 Å². The quantitative estimate of drug-likeness (QED) is 0.235. The number of ether oxygens (including phenoxy) is 2. The predicted molar refractivity (Wildman–Crippen MR) is 152 cm³/mol. The van der Waals surface area contributed by atoms with Gasteiger partial charge in [0.25, 0.3) is 0 Å². The van der Waals surface area contributed by atoms with Crippen molar-refractivity contribution < 1.29 is 14.3 Å². The van der Waals surface area contributed by atoms with Gasteiger partial charge in [-0.1, -0.05) is 44.2 Å². The third kappa shape index (κ3) is 5.35. The van der Waals surface area contributed by atoms with E-state index >= 15 is 0 Å². The van der Waals surface area contributed by atoms with E-state index in [4.69, 9.17) is 9.47 Å². The summed E-state index contributed by atoms with van der Waals surface area (Å²) in [6.07, 6.45) is 6.72. The Hall–Kier alpha value is -3.18. The molecule has 0 aliphatic carbocycles. The van der Waals surface area contributed by atoms with Crippen molar-refractivity contribution in [3.8, 4) is 5.75 Å². The Balaban J connectivity index is 1.47. The summed E-state index contributed by atoms with van der Waals surface area (Å²) in [5, 5.41) is 0.971. The van der Waals surface area contributed by atoms with Crippen LogP contribution in [0.5, 0.6) is 5.75 Å². The van der Waals surface area contributed by atoms with Crippen LogP contribution < -0.4 is 4.74 Å². The number of benzene rings is 2. The average molecular weight is 513 g/mol. The molecule has 0 amide bonds. The van der Waals surface area contributed by atoms with Crippen LogP contribution in [0.25, 0.3) is 10.9 Å². The maximum absolute atomic E-state index is 13.7. The van der Waals surface area contributed by atoms with Crippen LogP contribution in [0.15, 0.2) is 67.4 Å². The lowest BCUT2D eigenvalue weighted by Crippen LogP contribution is -2.55. The van der Waals surface area contributed by atoms with E-state index in [0.717, 1.165) is 60.1 Å². The van der Waals surface area contributed by atoms with Crippen LogP contribution in [-0.2, 0) is 16.0 Å². The summed E-state index contributed by atoms with van der Waals surface area (Å²) in [7, 11) is 1.67. The van der Waals surface area contributed by atoms with Gasteiger partial charge in [-0.05, 0) is 85.9 Å². The minimum absolute atomic E-state index is 0.117. The first-order chi connectivity index (χ1) is 18.4. The molecule has 3 aliphatic rings. The maximum Gasteiger partial charge on any atom is 0.313 e. The summed E-state index contributed by atoms with van der Waals surface area (Å²) in [6.45, 7) is 12.5. The van der Waals surface area contributed by atoms with Crippen LogP contribution in [0, 0.1) is 17.8 Å². The van der Waals surface area contributed by atoms with Crippen molar-refractivity contribution in [3.05, 3.63) is 84.1 Å². The number of methoxy groups -OCH3 is 1. The molecule has 4 heterocycles. The van der Waals surface area contributed by atoms with Crippen molar-refractivity contribution in [2.45, 2.75) is 58.1 Å². The van der Waals surface area contributed by atoms with Gasteiger partial charge in [0.2, 0.25) is 0 Å². The van der Waals surface area contributed by atoms with E-state index in [1.54, 1.807) is 7.11 Å². The highest BCUT2D eigenvalue weighted by Crippen LogP contribution is 2.44. The highest BCUT2D eigenvalue weighted by molar-refractivity contribution is 5.85. The van der Waals surface area contributed by atoms with Crippen molar-refractivity contribution in [1.29, 1.82) is 0 Å². The van der Waals surface area contributed by atoms with E-state index in [0.29, 0.717) is 17.8 Å². The van der Waals surface area contributed by atoms with Gasteiger partial charge in [-0.3, -0.25) is 14.7 Å². The predicted octanol–water partition coefficient (Wildman–Crippen LogP) is 6.73. The van der Waals surface area contributed by atoms with E-state index in [1.165, 1.54) is 5.56 Å². The van der Waals surface area contributed by atoms with E-state index in [1.807, 2.05) is 37.4 Å². The number of nitrogens with zero attached hydrogens (tertiary/aromatic N) is 2. The molecule has 1 aromatic heterocycles. The highest BCUT2D eigenvalue weighted by Gasteiger charge is 2.44. The molecule has 200 valence electrons. The summed E-state index contributed by atoms with van der Waals surface area (Å²) >= 11 is 0. The summed E-state index contributed by atoms with van der Waals surface area (Å²) < 4.78 is 12.0. The molecule has 38 heavy (non-hydrogen) atoms. The van der Waals surface area contributed by atoms with Crippen molar-refractivity contribution in [2.24, 2.45) is 17.8 Å². The third-order valence-electron chi connectivity index (χ3n) is 8.51. The number of carbonyl (C=O) groups is 1. The number of carbonyl (C=O) groups excluding carboxylic acids is 1. The largest absolute Gasteiger partial charge is 0.497 e. The number of esters is 1. The highest BCUT2D eigenvalue weighted by atomic mass is 16.5. The zero-order valence-corrected chi connectivity index (χ0v) is 23.1. The Morgan fingerprint density at radius 3 is 2.61 bits per heavy atom. The maximum atomic E-state index is 13.7. The smallest absolute Gasteiger partial charge is 0.313 e. The van der Waals surface area contributed by atoms with Gasteiger partial charge in [0.05, 0.1) is 24.6 Å². The summed E-state index contributed by atoms with van der Waals surface area (Å²) in [6, 6.07) is 16.5. The van der Waals surface area contributed by atoms with Crippen LogP contribution in [0.4, 0.5) is 0 Å². The Morgan fingerprint density at radius 2 is 1.95 bits per heavy atom. The van der Waals surface area contributed by atoms with Crippen LogP contribution >= 0.6 is 0 Å². The zero-order valence-electron chi connectivity index (χ0n) is 23.1. The minimum Gasteiger partial charge on any atom is -0.497 e. The summed E-state index contributed by atoms with van der Waals surface area (Å²) in [4.78, 5) is 20.8. The van der Waals surface area contributed by atoms with Crippen molar-refractivity contribution >= 4 is 16.9 Å². The van der Waals surface area contributed by atoms with Gasteiger partial charge in [0.15, 0.2) is 0 Å². The number of hydrogen-bond donors (Lipinski definition) is 0. The van der Waals surface area contributed by atoms with E-state index in [-0.39, 0.29) is 17.9 Å². The fraction of sp³-hybridized carbons (Fsp3) is 0.455. The van der Waals surface area contributed by atoms with Gasteiger partial charge < -0.3 is 9.47 Å². The zero-order chi connectivity index (χ0) is 26.8. The molecule has 0 N–H and O–H groups in total. The molecule has 0 radical (unpaired) electrons. The second kappa shape index (κ2) is 11.3. The molecule has 3 aliphatic heterocycles. The number of fused-ring (bicyclic) bond motifs is 4. The molecule has 2 bridgehead atoms. The Morgan fingerprint density at radius 1 is 1.16 bits per heavy atom. The molecular formula is C33H40N2O3. The number of hydrogen-bond acceptors (Lipinski definition) is 5. The number of piperidine rings is 3. The number of rotatable bonds is 9. The van der Waals surface area contributed by atoms with Crippen LogP contribution in [0.2, 0.25) is 0 Å². The standard InChI is InChI=1S/C33H40N2O3/c1-6-24-20-35-16-14-26(24)18-31(35)32(28-13-15-34-30-12-11-27(37-5)19-29(28)30)38-33(36)22(4)25-9-7-23(8-10-25)17-21(2)3/h6-13,15,19,21-22,24,26,31-32H,1,14,16-18,20H2,2-5H3/t22-,24+,26+,31+,32+/m1/s1. The molecule has 3 aromatic rings. The average Bonchev–Trinajstić information content (AvgIpc) is 2.95. The van der Waals surface area contributed by atoms with E-state index < -0.39 is 6.10 Å². The van der Waals surface area contributed by atoms with Crippen molar-refractivity contribution in [2.75, 3.05) is 20.2 Å². The van der Waals surface area contributed by atoms with Crippen molar-refractivity contribution in [3.63, 3.8) is 0 Å². The molecule has 6 atom stereocenters. The Labute approximate surface area is 226 Å². The van der Waals surface area contributed by atoms with Crippen molar-refractivity contribution in [1.82, 2.24) is 9.88 Å². The fourth-order valence-corrected chi connectivity index (χ4v) is 6.34. The third-order valence-corrected chi connectivity index (χ3v) is 8.51. The first-order valence-electron chi connectivity index (χ1n) is 14.0. The summed E-state index contributed by atoms with van der Waals surface area (Å²) in [5.41, 5.74) is 4.15. The van der Waals surface area contributed by atoms with Gasteiger partial charge in [0.1, 0.15) is 11.9 Å². The lowest BCUT2D eigenvalue weighted by Gasteiger charge is -2.51. The van der Waals surface area contributed by atoms with Crippen LogP contribution in [0.3, 0.4) is 0 Å². The lowest BCUT2D eigenvalue weighted by molar-refractivity contribution is -0.158. The molecule has 0 saturated carbocycles. The molecule has 5 heteroatoms. The van der Waals surface area contributed by atoms with Gasteiger partial charge >= 0.3 is 5.97 Å². The molecule has 3 fully saturated rings. The molecule has 3 saturated heterocycles. The topological polar surface area (TPSA) is 51.7 Å². The van der Waals surface area contributed by atoms with Crippen LogP contribution in [-0.4, -0.2) is 42.1 Å². The lowest BCUT2D eigenvalue weighted by atomic mass is 9.73. The minimum atomic E-state index is -0.392. The second-order valence-electron chi connectivity index (χ2n) is 11.4. The van der Waals surface area contributed by atoms with Gasteiger partial charge in [-0.25, -0.2) is 0 Å². The van der Waals surface area contributed by atoms with E-state index in [2.05, 4.69) is 60.7 Å². The second-order valence-corrected chi connectivity index (χ2v) is 11.4. The molecule has 6 rings (SSSR count). The fourth-order valence-electron chi connectivity index (χ4n) is 6.34. The van der Waals surface area contributed by atoms with Gasteiger partial charge in [-0.2, -0.15) is 0 Å². The number of aromatic nitrogens is 1. The first-order valence-corrected chi connectivity index (χ1v) is 14.0. The summed E-state index contributed by atoms with van der Waals surface area (Å²) in [5.74, 6) is 1.88. The van der Waals surface area contributed by atoms with Gasteiger partial charge in [0, 0.05) is 23.7 Å².